The van der Waals surface area contributed by atoms with E-state index >= 15 is 0 Å². The summed E-state index contributed by atoms with van der Waals surface area (Å²) in [5.41, 5.74) is 0.146. The van der Waals surface area contributed by atoms with Crippen LogP contribution in [0.4, 0.5) is 19.1 Å². The van der Waals surface area contributed by atoms with Crippen LogP contribution in [0.1, 0.15) is 17.2 Å². The quantitative estimate of drug-likeness (QED) is 0.784. The SMILES string of the molecule is Cc1cc(C(F)(F)F)nc(NCc2nnc(-c3ccccc3)n2C)n1. The van der Waals surface area contributed by atoms with Crippen LogP contribution < -0.4 is 5.32 Å². The van der Waals surface area contributed by atoms with E-state index in [4.69, 9.17) is 0 Å². The van der Waals surface area contributed by atoms with Crippen molar-refractivity contribution in [2.45, 2.75) is 19.6 Å². The number of anilines is 1. The van der Waals surface area contributed by atoms with E-state index in [1.807, 2.05) is 30.3 Å². The lowest BCUT2D eigenvalue weighted by molar-refractivity contribution is -0.141. The molecule has 0 fully saturated rings. The van der Waals surface area contributed by atoms with E-state index in [1.165, 1.54) is 6.92 Å². The second-order valence-electron chi connectivity index (χ2n) is 5.43. The van der Waals surface area contributed by atoms with Gasteiger partial charge in [-0.2, -0.15) is 13.2 Å². The molecule has 3 aromatic rings. The van der Waals surface area contributed by atoms with Crippen LogP contribution in [0.2, 0.25) is 0 Å². The Kier molecular flexibility index (Phi) is 4.39. The maximum atomic E-state index is 12.8. The molecular weight excluding hydrogens is 333 g/mol. The van der Waals surface area contributed by atoms with Crippen LogP contribution in [0.3, 0.4) is 0 Å². The number of rotatable bonds is 4. The smallest absolute Gasteiger partial charge is 0.347 e. The van der Waals surface area contributed by atoms with Gasteiger partial charge in [-0.3, -0.25) is 0 Å². The molecule has 9 heteroatoms. The fourth-order valence-electron chi connectivity index (χ4n) is 2.30. The number of nitrogens with zero attached hydrogens (tertiary/aromatic N) is 5. The molecule has 6 nitrogen and oxygen atoms in total. The molecule has 0 unspecified atom stereocenters. The third kappa shape index (κ3) is 3.76. The molecule has 0 saturated heterocycles. The van der Waals surface area contributed by atoms with Crippen molar-refractivity contribution in [3.05, 3.63) is 53.6 Å². The highest BCUT2D eigenvalue weighted by Gasteiger charge is 2.33. The van der Waals surface area contributed by atoms with Gasteiger partial charge in [-0.15, -0.1) is 10.2 Å². The summed E-state index contributed by atoms with van der Waals surface area (Å²) in [5.74, 6) is 1.12. The van der Waals surface area contributed by atoms with Gasteiger partial charge >= 0.3 is 6.18 Å². The number of alkyl halides is 3. The molecule has 1 aromatic carbocycles. The highest BCUT2D eigenvalue weighted by molar-refractivity contribution is 5.54. The van der Waals surface area contributed by atoms with Crippen LogP contribution in [0.25, 0.3) is 11.4 Å². The number of aryl methyl sites for hydroxylation is 1. The lowest BCUT2D eigenvalue weighted by atomic mass is 10.2. The molecule has 0 aliphatic carbocycles. The molecule has 130 valence electrons. The summed E-state index contributed by atoms with van der Waals surface area (Å²) in [6, 6.07) is 10.4. The largest absolute Gasteiger partial charge is 0.433 e. The Morgan fingerprint density at radius 1 is 1.08 bits per heavy atom. The van der Waals surface area contributed by atoms with Gasteiger partial charge in [0, 0.05) is 18.3 Å². The monoisotopic (exact) mass is 348 g/mol. The minimum Gasteiger partial charge on any atom is -0.347 e. The molecule has 2 aromatic heterocycles. The average molecular weight is 348 g/mol. The molecule has 0 aliphatic rings. The first-order valence-corrected chi connectivity index (χ1v) is 7.45. The van der Waals surface area contributed by atoms with Crippen LogP contribution >= 0.6 is 0 Å². The molecule has 25 heavy (non-hydrogen) atoms. The highest BCUT2D eigenvalue weighted by Crippen LogP contribution is 2.28. The summed E-state index contributed by atoms with van der Waals surface area (Å²) in [6.07, 6.45) is -4.52. The van der Waals surface area contributed by atoms with Crippen molar-refractivity contribution < 1.29 is 13.2 Å². The summed E-state index contributed by atoms with van der Waals surface area (Å²) in [4.78, 5) is 7.49. The van der Waals surface area contributed by atoms with Crippen LogP contribution in [-0.4, -0.2) is 24.7 Å². The van der Waals surface area contributed by atoms with Crippen molar-refractivity contribution >= 4 is 5.95 Å². The molecule has 0 saturated carbocycles. The van der Waals surface area contributed by atoms with E-state index in [0.717, 1.165) is 11.6 Å². The Labute approximate surface area is 141 Å². The molecular formula is C16H15F3N6. The fraction of sp³-hybridized carbons (Fsp3) is 0.250. The molecule has 0 amide bonds. The van der Waals surface area contributed by atoms with Gasteiger partial charge in [0.05, 0.1) is 6.54 Å². The molecule has 0 radical (unpaired) electrons. The standard InChI is InChI=1S/C16H15F3N6/c1-10-8-12(16(17,18)19)22-15(21-10)20-9-13-23-24-14(25(13)2)11-6-4-3-5-7-11/h3-8H,9H2,1-2H3,(H,20,21,22). The Morgan fingerprint density at radius 2 is 1.80 bits per heavy atom. The van der Waals surface area contributed by atoms with Gasteiger partial charge in [0.1, 0.15) is 5.69 Å². The predicted molar refractivity (Wildman–Crippen MR) is 85.5 cm³/mol. The minimum atomic E-state index is -4.52. The average Bonchev–Trinajstić information content (AvgIpc) is 2.93. The first-order valence-electron chi connectivity index (χ1n) is 7.45. The topological polar surface area (TPSA) is 68.5 Å². The molecule has 3 rings (SSSR count). The lowest BCUT2D eigenvalue weighted by Gasteiger charge is -2.10. The van der Waals surface area contributed by atoms with Gasteiger partial charge < -0.3 is 9.88 Å². The Morgan fingerprint density at radius 3 is 2.48 bits per heavy atom. The predicted octanol–water partition coefficient (Wildman–Crippen LogP) is 3.21. The van der Waals surface area contributed by atoms with Crippen LogP contribution in [-0.2, 0) is 19.8 Å². The van der Waals surface area contributed by atoms with Gasteiger partial charge in [0.15, 0.2) is 11.6 Å². The summed E-state index contributed by atoms with van der Waals surface area (Å²) in [5, 5.41) is 11.0. The molecule has 0 bridgehead atoms. The molecule has 1 N–H and O–H groups in total. The normalized spacial score (nSPS) is 11.6. The summed E-state index contributed by atoms with van der Waals surface area (Å²) < 4.78 is 40.2. The summed E-state index contributed by atoms with van der Waals surface area (Å²) >= 11 is 0. The molecule has 0 spiro atoms. The maximum Gasteiger partial charge on any atom is 0.433 e. The van der Waals surface area contributed by atoms with Gasteiger partial charge in [-0.1, -0.05) is 30.3 Å². The minimum absolute atomic E-state index is 0.100. The van der Waals surface area contributed by atoms with E-state index in [9.17, 15) is 13.2 Å². The number of nitrogens with one attached hydrogen (secondary N) is 1. The zero-order chi connectivity index (χ0) is 18.0. The van der Waals surface area contributed by atoms with Crippen LogP contribution in [0.5, 0.6) is 0 Å². The first-order chi connectivity index (χ1) is 11.8. The van der Waals surface area contributed by atoms with Crippen LogP contribution in [0.15, 0.2) is 36.4 Å². The van der Waals surface area contributed by atoms with Crippen molar-refractivity contribution in [3.63, 3.8) is 0 Å². The van der Waals surface area contributed by atoms with E-state index in [1.54, 1.807) is 11.6 Å². The first kappa shape index (κ1) is 16.9. The number of benzene rings is 1. The number of hydrogen-bond acceptors (Lipinski definition) is 5. The highest BCUT2D eigenvalue weighted by atomic mass is 19.4. The van der Waals surface area contributed by atoms with E-state index in [0.29, 0.717) is 11.6 Å². The third-order valence-corrected chi connectivity index (χ3v) is 3.55. The zero-order valence-electron chi connectivity index (χ0n) is 13.5. The number of aromatic nitrogens is 5. The summed E-state index contributed by atoms with van der Waals surface area (Å²) in [6.45, 7) is 1.63. The van der Waals surface area contributed by atoms with Gasteiger partial charge in [-0.25, -0.2) is 9.97 Å². The zero-order valence-corrected chi connectivity index (χ0v) is 13.5. The molecule has 0 aliphatic heterocycles. The second-order valence-corrected chi connectivity index (χ2v) is 5.43. The van der Waals surface area contributed by atoms with Crippen molar-refractivity contribution in [2.75, 3.05) is 5.32 Å². The Balaban J connectivity index is 1.79. The second kappa shape index (κ2) is 6.50. The van der Waals surface area contributed by atoms with E-state index in [2.05, 4.69) is 25.5 Å². The van der Waals surface area contributed by atoms with Crippen molar-refractivity contribution in [3.8, 4) is 11.4 Å². The number of halogens is 3. The Hall–Kier alpha value is -2.97. The van der Waals surface area contributed by atoms with Gasteiger partial charge in [0.25, 0.3) is 0 Å². The third-order valence-electron chi connectivity index (χ3n) is 3.55. The van der Waals surface area contributed by atoms with Crippen molar-refractivity contribution in [1.82, 2.24) is 24.7 Å². The van der Waals surface area contributed by atoms with Crippen molar-refractivity contribution in [2.24, 2.45) is 7.05 Å². The van der Waals surface area contributed by atoms with Gasteiger partial charge in [0.2, 0.25) is 5.95 Å². The van der Waals surface area contributed by atoms with Crippen LogP contribution in [0, 0.1) is 6.92 Å². The molecule has 0 atom stereocenters. The van der Waals surface area contributed by atoms with Gasteiger partial charge in [-0.05, 0) is 13.0 Å². The van der Waals surface area contributed by atoms with Crippen molar-refractivity contribution in [1.29, 1.82) is 0 Å². The maximum absolute atomic E-state index is 12.8. The van der Waals surface area contributed by atoms with E-state index in [-0.39, 0.29) is 18.2 Å². The molecule has 2 heterocycles. The summed E-state index contributed by atoms with van der Waals surface area (Å²) in [7, 11) is 1.79. The fourth-order valence-corrected chi connectivity index (χ4v) is 2.30. The lowest BCUT2D eigenvalue weighted by Crippen LogP contribution is -2.14. The van der Waals surface area contributed by atoms with E-state index < -0.39 is 11.9 Å². The number of hydrogen-bond donors (Lipinski definition) is 1. The Bertz CT molecular complexity index is 873.